The third kappa shape index (κ3) is 2.29. The van der Waals surface area contributed by atoms with Crippen LogP contribution in [0.25, 0.3) is 44.5 Å². The quantitative estimate of drug-likeness (QED) is 0.396. The average Bonchev–Trinajstić information content (AvgIpc) is 3.07. The van der Waals surface area contributed by atoms with Crippen molar-refractivity contribution in [2.24, 2.45) is 0 Å². The number of benzene rings is 2. The molecule has 3 heteroatoms. The van der Waals surface area contributed by atoms with Crippen LogP contribution >= 0.6 is 0 Å². The van der Waals surface area contributed by atoms with Gasteiger partial charge in [0.15, 0.2) is 0 Å². The van der Waals surface area contributed by atoms with Crippen LogP contribution in [0.15, 0.2) is 83.5 Å². The zero-order valence-electron chi connectivity index (χ0n) is 14.3. The molecule has 0 saturated heterocycles. The van der Waals surface area contributed by atoms with Gasteiger partial charge in [0.25, 0.3) is 0 Å². The summed E-state index contributed by atoms with van der Waals surface area (Å²) in [4.78, 5) is 9.01. The first kappa shape index (κ1) is 14.8. The summed E-state index contributed by atoms with van der Waals surface area (Å²) in [6, 6.07) is 22.7. The van der Waals surface area contributed by atoms with Gasteiger partial charge in [0.05, 0.1) is 5.69 Å². The minimum atomic E-state index is 0.653. The van der Waals surface area contributed by atoms with Crippen LogP contribution in [0, 0.1) is 6.92 Å². The lowest BCUT2D eigenvalue weighted by atomic mass is 9.97. The lowest BCUT2D eigenvalue weighted by Crippen LogP contribution is -1.87. The van der Waals surface area contributed by atoms with Gasteiger partial charge >= 0.3 is 0 Å². The van der Waals surface area contributed by atoms with Gasteiger partial charge in [-0.15, -0.1) is 0 Å². The second-order valence-corrected chi connectivity index (χ2v) is 6.41. The number of pyridine rings is 2. The monoisotopic (exact) mass is 336 g/mol. The molecule has 0 atom stereocenters. The molecule has 124 valence electrons. The lowest BCUT2D eigenvalue weighted by molar-refractivity contribution is 0.655. The first-order chi connectivity index (χ1) is 12.8. The minimum Gasteiger partial charge on any atom is -0.437 e. The summed E-state index contributed by atoms with van der Waals surface area (Å²) in [5.74, 6) is 0. The van der Waals surface area contributed by atoms with E-state index in [9.17, 15) is 0 Å². The van der Waals surface area contributed by atoms with Gasteiger partial charge in [-0.05, 0) is 48.4 Å². The van der Waals surface area contributed by atoms with Crippen molar-refractivity contribution in [2.75, 3.05) is 0 Å². The molecule has 0 fully saturated rings. The molecular weight excluding hydrogens is 320 g/mol. The first-order valence-corrected chi connectivity index (χ1v) is 8.60. The SMILES string of the molecule is Cc1ccnc(-c2ccc(-c3ccccc3)c3oc4ncccc4c23)c1. The maximum absolute atomic E-state index is 6.19. The van der Waals surface area contributed by atoms with Gasteiger partial charge in [0, 0.05) is 34.3 Å². The molecule has 0 N–H and O–H groups in total. The van der Waals surface area contributed by atoms with Crippen LogP contribution in [0.3, 0.4) is 0 Å². The molecule has 0 aliphatic rings. The Morgan fingerprint density at radius 3 is 2.46 bits per heavy atom. The Morgan fingerprint density at radius 2 is 1.62 bits per heavy atom. The molecule has 0 aliphatic heterocycles. The highest BCUT2D eigenvalue weighted by atomic mass is 16.3. The van der Waals surface area contributed by atoms with Crippen LogP contribution in [0.4, 0.5) is 0 Å². The molecule has 0 saturated carbocycles. The van der Waals surface area contributed by atoms with Crippen molar-refractivity contribution in [3.05, 3.63) is 84.7 Å². The maximum atomic E-state index is 6.19. The number of nitrogens with zero attached hydrogens (tertiary/aromatic N) is 2. The number of aryl methyl sites for hydroxylation is 1. The number of rotatable bonds is 2. The number of furan rings is 1. The van der Waals surface area contributed by atoms with Crippen LogP contribution in [-0.4, -0.2) is 9.97 Å². The van der Waals surface area contributed by atoms with E-state index in [0.717, 1.165) is 38.7 Å². The van der Waals surface area contributed by atoms with E-state index >= 15 is 0 Å². The second kappa shape index (κ2) is 5.81. The molecule has 3 nitrogen and oxygen atoms in total. The van der Waals surface area contributed by atoms with Crippen LogP contribution in [0.1, 0.15) is 5.56 Å². The molecule has 0 bridgehead atoms. The third-order valence-corrected chi connectivity index (χ3v) is 4.67. The fourth-order valence-electron chi connectivity index (χ4n) is 3.46. The highest BCUT2D eigenvalue weighted by Gasteiger charge is 2.18. The largest absolute Gasteiger partial charge is 0.437 e. The molecule has 0 unspecified atom stereocenters. The van der Waals surface area contributed by atoms with Gasteiger partial charge in [0.1, 0.15) is 5.58 Å². The van der Waals surface area contributed by atoms with E-state index in [1.165, 1.54) is 5.56 Å². The number of hydrogen-bond donors (Lipinski definition) is 0. The van der Waals surface area contributed by atoms with Gasteiger partial charge in [-0.25, -0.2) is 4.98 Å². The minimum absolute atomic E-state index is 0.653. The molecule has 0 amide bonds. The Balaban J connectivity index is 1.91. The Labute approximate surface area is 151 Å². The van der Waals surface area contributed by atoms with E-state index in [-0.39, 0.29) is 0 Å². The van der Waals surface area contributed by atoms with Crippen molar-refractivity contribution in [1.82, 2.24) is 9.97 Å². The first-order valence-electron chi connectivity index (χ1n) is 8.60. The summed E-state index contributed by atoms with van der Waals surface area (Å²) in [7, 11) is 0. The topological polar surface area (TPSA) is 38.9 Å². The van der Waals surface area contributed by atoms with Crippen molar-refractivity contribution in [3.63, 3.8) is 0 Å². The van der Waals surface area contributed by atoms with Gasteiger partial charge in [-0.3, -0.25) is 4.98 Å². The van der Waals surface area contributed by atoms with Crippen LogP contribution in [0.2, 0.25) is 0 Å². The highest BCUT2D eigenvalue weighted by molar-refractivity contribution is 6.15. The van der Waals surface area contributed by atoms with Crippen molar-refractivity contribution in [3.8, 4) is 22.4 Å². The zero-order valence-corrected chi connectivity index (χ0v) is 14.3. The summed E-state index contributed by atoms with van der Waals surface area (Å²) in [6.45, 7) is 2.08. The highest BCUT2D eigenvalue weighted by Crippen LogP contribution is 2.40. The molecule has 26 heavy (non-hydrogen) atoms. The third-order valence-electron chi connectivity index (χ3n) is 4.67. The molecule has 5 rings (SSSR count). The number of aromatic nitrogens is 2. The van der Waals surface area contributed by atoms with Gasteiger partial charge in [-0.1, -0.05) is 36.4 Å². The van der Waals surface area contributed by atoms with E-state index in [2.05, 4.69) is 53.3 Å². The van der Waals surface area contributed by atoms with Crippen molar-refractivity contribution >= 4 is 22.1 Å². The predicted octanol–water partition coefficient (Wildman–Crippen LogP) is 6.02. The summed E-state index contributed by atoms with van der Waals surface area (Å²) >= 11 is 0. The van der Waals surface area contributed by atoms with E-state index in [4.69, 9.17) is 4.42 Å². The molecular formula is C23H16N2O. The Hall–Kier alpha value is -3.46. The second-order valence-electron chi connectivity index (χ2n) is 6.41. The van der Waals surface area contributed by atoms with Crippen LogP contribution in [-0.2, 0) is 0 Å². The van der Waals surface area contributed by atoms with Gasteiger partial charge in [-0.2, -0.15) is 0 Å². The van der Waals surface area contributed by atoms with Crippen LogP contribution in [0.5, 0.6) is 0 Å². The van der Waals surface area contributed by atoms with Crippen molar-refractivity contribution in [1.29, 1.82) is 0 Å². The molecule has 2 aromatic carbocycles. The summed E-state index contributed by atoms with van der Waals surface area (Å²) in [5, 5.41) is 2.08. The van der Waals surface area contributed by atoms with Crippen LogP contribution < -0.4 is 0 Å². The normalized spacial score (nSPS) is 11.3. The summed E-state index contributed by atoms with van der Waals surface area (Å²) in [5.41, 5.74) is 6.89. The Bertz CT molecular complexity index is 1240. The fourth-order valence-corrected chi connectivity index (χ4v) is 3.46. The summed E-state index contributed by atoms with van der Waals surface area (Å²) in [6.07, 6.45) is 3.61. The van der Waals surface area contributed by atoms with Crippen molar-refractivity contribution in [2.45, 2.75) is 6.92 Å². The standard InChI is InChI=1S/C23H16N2O/c1-15-11-13-24-20(14-15)18-10-9-17(16-6-3-2-4-7-16)22-21(18)19-8-5-12-25-23(19)26-22/h2-14H,1H3. The van der Waals surface area contributed by atoms with Gasteiger partial charge < -0.3 is 4.42 Å². The van der Waals surface area contributed by atoms with Gasteiger partial charge in [0.2, 0.25) is 5.71 Å². The van der Waals surface area contributed by atoms with E-state index in [1.54, 1.807) is 6.20 Å². The Morgan fingerprint density at radius 1 is 0.769 bits per heavy atom. The maximum Gasteiger partial charge on any atom is 0.227 e. The Kier molecular flexibility index (Phi) is 3.32. The molecule has 0 spiro atoms. The smallest absolute Gasteiger partial charge is 0.227 e. The molecule has 5 aromatic rings. The van der Waals surface area contributed by atoms with E-state index < -0.39 is 0 Å². The van der Waals surface area contributed by atoms with Crippen molar-refractivity contribution < 1.29 is 4.42 Å². The average molecular weight is 336 g/mol. The van der Waals surface area contributed by atoms with E-state index in [0.29, 0.717) is 5.71 Å². The molecule has 3 aromatic heterocycles. The zero-order chi connectivity index (χ0) is 17.5. The molecule has 3 heterocycles. The fraction of sp³-hybridized carbons (Fsp3) is 0.0435. The number of hydrogen-bond acceptors (Lipinski definition) is 3. The predicted molar refractivity (Wildman–Crippen MR) is 105 cm³/mol. The van der Waals surface area contributed by atoms with E-state index in [1.807, 2.05) is 36.5 Å². The molecule has 0 aliphatic carbocycles. The summed E-state index contributed by atoms with van der Waals surface area (Å²) < 4.78 is 6.19. The number of fused-ring (bicyclic) bond motifs is 3. The lowest BCUT2D eigenvalue weighted by Gasteiger charge is -2.08. The molecule has 0 radical (unpaired) electrons.